The maximum Gasteiger partial charge on any atom is 0.341 e. The van der Waals surface area contributed by atoms with Crippen molar-refractivity contribution in [2.45, 2.75) is 6.92 Å². The SMILES string of the molecule is COC=C(C(=O)OC)c1ccccc1C=Cc1ccccc1C. The molecule has 2 aromatic rings. The Hall–Kier alpha value is -2.81. The van der Waals surface area contributed by atoms with E-state index in [9.17, 15) is 4.79 Å². The number of ether oxygens (including phenoxy) is 2. The summed E-state index contributed by atoms with van der Waals surface area (Å²) in [6.45, 7) is 2.07. The Bertz CT molecular complexity index is 742. The fraction of sp³-hybridized carbons (Fsp3) is 0.150. The maximum atomic E-state index is 12.0. The Labute approximate surface area is 136 Å². The lowest BCUT2D eigenvalue weighted by Crippen LogP contribution is -2.05. The number of methoxy groups -OCH3 is 2. The van der Waals surface area contributed by atoms with Crippen molar-refractivity contribution in [3.05, 3.63) is 77.0 Å². The van der Waals surface area contributed by atoms with Gasteiger partial charge in [0.05, 0.1) is 20.5 Å². The number of hydrogen-bond donors (Lipinski definition) is 0. The zero-order valence-corrected chi connectivity index (χ0v) is 13.6. The van der Waals surface area contributed by atoms with Gasteiger partial charge in [-0.1, -0.05) is 60.7 Å². The summed E-state index contributed by atoms with van der Waals surface area (Å²) in [6.07, 6.45) is 5.44. The predicted molar refractivity (Wildman–Crippen MR) is 93.6 cm³/mol. The molecule has 0 aliphatic rings. The van der Waals surface area contributed by atoms with E-state index in [4.69, 9.17) is 9.47 Å². The Kier molecular flexibility index (Phi) is 5.75. The van der Waals surface area contributed by atoms with E-state index in [2.05, 4.69) is 19.1 Å². The zero-order valence-electron chi connectivity index (χ0n) is 13.6. The first-order valence-electron chi connectivity index (χ1n) is 7.31. The molecule has 0 heterocycles. The fourth-order valence-electron chi connectivity index (χ4n) is 2.29. The summed E-state index contributed by atoms with van der Waals surface area (Å²) in [7, 11) is 2.87. The molecule has 0 amide bonds. The van der Waals surface area contributed by atoms with Crippen LogP contribution >= 0.6 is 0 Å². The summed E-state index contributed by atoms with van der Waals surface area (Å²) in [4.78, 5) is 12.0. The average molecular weight is 308 g/mol. The summed E-state index contributed by atoms with van der Waals surface area (Å²) in [5.74, 6) is -0.427. The van der Waals surface area contributed by atoms with E-state index in [0.29, 0.717) is 5.57 Å². The van der Waals surface area contributed by atoms with Crippen LogP contribution in [0.2, 0.25) is 0 Å². The largest absolute Gasteiger partial charge is 0.503 e. The third-order valence-corrected chi connectivity index (χ3v) is 3.52. The van der Waals surface area contributed by atoms with Crippen molar-refractivity contribution in [3.8, 4) is 0 Å². The first kappa shape index (κ1) is 16.6. The van der Waals surface area contributed by atoms with Gasteiger partial charge in [-0.2, -0.15) is 0 Å². The highest BCUT2D eigenvalue weighted by atomic mass is 16.5. The van der Waals surface area contributed by atoms with E-state index in [-0.39, 0.29) is 0 Å². The van der Waals surface area contributed by atoms with E-state index in [1.807, 2.05) is 48.6 Å². The highest BCUT2D eigenvalue weighted by molar-refractivity contribution is 6.17. The molecule has 2 aromatic carbocycles. The van der Waals surface area contributed by atoms with Gasteiger partial charge in [0.15, 0.2) is 0 Å². The Morgan fingerprint density at radius 2 is 1.52 bits per heavy atom. The molecule has 0 N–H and O–H groups in total. The minimum Gasteiger partial charge on any atom is -0.503 e. The molecule has 0 spiro atoms. The molecule has 2 rings (SSSR count). The molecule has 118 valence electrons. The molecule has 23 heavy (non-hydrogen) atoms. The number of rotatable bonds is 5. The van der Waals surface area contributed by atoms with E-state index >= 15 is 0 Å². The van der Waals surface area contributed by atoms with Crippen LogP contribution in [-0.4, -0.2) is 20.2 Å². The normalized spacial score (nSPS) is 11.5. The molecule has 0 unspecified atom stereocenters. The Morgan fingerprint density at radius 1 is 0.913 bits per heavy atom. The Morgan fingerprint density at radius 3 is 2.17 bits per heavy atom. The van der Waals surface area contributed by atoms with Crippen molar-refractivity contribution < 1.29 is 14.3 Å². The summed E-state index contributed by atoms with van der Waals surface area (Å²) < 4.78 is 9.88. The van der Waals surface area contributed by atoms with Gasteiger partial charge in [-0.15, -0.1) is 0 Å². The third-order valence-electron chi connectivity index (χ3n) is 3.52. The first-order chi connectivity index (χ1) is 11.2. The topological polar surface area (TPSA) is 35.5 Å². The maximum absolute atomic E-state index is 12.0. The van der Waals surface area contributed by atoms with Crippen LogP contribution < -0.4 is 0 Å². The number of carbonyl (C=O) groups excluding carboxylic acids is 1. The van der Waals surface area contributed by atoms with Gasteiger partial charge in [0.2, 0.25) is 0 Å². The van der Waals surface area contributed by atoms with Crippen molar-refractivity contribution in [1.29, 1.82) is 0 Å². The lowest BCUT2D eigenvalue weighted by molar-refractivity contribution is -0.133. The van der Waals surface area contributed by atoms with Crippen molar-refractivity contribution >= 4 is 23.7 Å². The highest BCUT2D eigenvalue weighted by Gasteiger charge is 2.15. The first-order valence-corrected chi connectivity index (χ1v) is 7.31. The second-order valence-electron chi connectivity index (χ2n) is 5.04. The summed E-state index contributed by atoms with van der Waals surface area (Å²) in [5.41, 5.74) is 4.41. The number of benzene rings is 2. The molecule has 3 nitrogen and oxygen atoms in total. The number of carbonyl (C=O) groups is 1. The van der Waals surface area contributed by atoms with Crippen LogP contribution in [0.4, 0.5) is 0 Å². The van der Waals surface area contributed by atoms with Crippen LogP contribution in [0.25, 0.3) is 17.7 Å². The van der Waals surface area contributed by atoms with Gasteiger partial charge in [0, 0.05) is 0 Å². The summed E-state index contributed by atoms with van der Waals surface area (Å²) in [5, 5.41) is 0. The summed E-state index contributed by atoms with van der Waals surface area (Å²) in [6, 6.07) is 15.8. The van der Waals surface area contributed by atoms with Gasteiger partial charge >= 0.3 is 5.97 Å². The van der Waals surface area contributed by atoms with E-state index in [0.717, 1.165) is 16.7 Å². The van der Waals surface area contributed by atoms with Gasteiger partial charge in [-0.3, -0.25) is 0 Å². The standard InChI is InChI=1S/C20H20O3/c1-15-8-4-5-9-16(15)12-13-17-10-6-7-11-18(17)19(14-22-2)20(21)23-3/h4-14H,1-3H3. The van der Waals surface area contributed by atoms with Gasteiger partial charge in [-0.25, -0.2) is 4.79 Å². The average Bonchev–Trinajstić information content (AvgIpc) is 2.59. The van der Waals surface area contributed by atoms with Gasteiger partial charge in [0.1, 0.15) is 5.57 Å². The quantitative estimate of drug-likeness (QED) is 0.357. The molecule has 0 aromatic heterocycles. The van der Waals surface area contributed by atoms with E-state index in [1.54, 1.807) is 0 Å². The minimum absolute atomic E-state index is 0.389. The number of hydrogen-bond acceptors (Lipinski definition) is 3. The molecule has 0 aliphatic carbocycles. The van der Waals surface area contributed by atoms with Crippen molar-refractivity contribution in [1.82, 2.24) is 0 Å². The number of aryl methyl sites for hydroxylation is 1. The monoisotopic (exact) mass is 308 g/mol. The van der Waals surface area contributed by atoms with E-state index in [1.165, 1.54) is 26.0 Å². The number of esters is 1. The lowest BCUT2D eigenvalue weighted by atomic mass is 9.99. The third kappa shape index (κ3) is 4.10. The molecular weight excluding hydrogens is 288 g/mol. The molecular formula is C20H20O3. The van der Waals surface area contributed by atoms with Crippen LogP contribution in [0.1, 0.15) is 22.3 Å². The van der Waals surface area contributed by atoms with Crippen LogP contribution in [0.5, 0.6) is 0 Å². The Balaban J connectivity index is 2.43. The predicted octanol–water partition coefficient (Wildman–Crippen LogP) is 4.33. The van der Waals surface area contributed by atoms with Gasteiger partial charge in [0.25, 0.3) is 0 Å². The van der Waals surface area contributed by atoms with Gasteiger partial charge < -0.3 is 9.47 Å². The summed E-state index contributed by atoms with van der Waals surface area (Å²) >= 11 is 0. The zero-order chi connectivity index (χ0) is 16.7. The van der Waals surface area contributed by atoms with Crippen LogP contribution in [0.3, 0.4) is 0 Å². The van der Waals surface area contributed by atoms with Crippen molar-refractivity contribution in [3.63, 3.8) is 0 Å². The molecule has 0 bridgehead atoms. The minimum atomic E-state index is -0.427. The van der Waals surface area contributed by atoms with Crippen LogP contribution in [0.15, 0.2) is 54.8 Å². The second-order valence-corrected chi connectivity index (χ2v) is 5.04. The van der Waals surface area contributed by atoms with E-state index < -0.39 is 5.97 Å². The van der Waals surface area contributed by atoms with Gasteiger partial charge in [-0.05, 0) is 29.2 Å². The molecule has 0 radical (unpaired) electrons. The van der Waals surface area contributed by atoms with Crippen molar-refractivity contribution in [2.24, 2.45) is 0 Å². The lowest BCUT2D eigenvalue weighted by Gasteiger charge is -2.09. The molecule has 0 saturated heterocycles. The molecule has 0 fully saturated rings. The molecule has 0 saturated carbocycles. The molecule has 0 aliphatic heterocycles. The second kappa shape index (κ2) is 7.99. The molecule has 0 atom stereocenters. The van der Waals surface area contributed by atoms with Crippen LogP contribution in [-0.2, 0) is 14.3 Å². The smallest absolute Gasteiger partial charge is 0.341 e. The highest BCUT2D eigenvalue weighted by Crippen LogP contribution is 2.23. The van der Waals surface area contributed by atoms with Crippen molar-refractivity contribution in [2.75, 3.05) is 14.2 Å². The van der Waals surface area contributed by atoms with Crippen LogP contribution in [0, 0.1) is 6.92 Å². The fourth-order valence-corrected chi connectivity index (χ4v) is 2.29. The molecule has 3 heteroatoms.